The Labute approximate surface area is 103 Å². The van der Waals surface area contributed by atoms with Crippen LogP contribution in [0.5, 0.6) is 0 Å². The molecule has 2 rings (SSSR count). The molecule has 2 N–H and O–H groups in total. The number of rotatable bonds is 3. The van der Waals surface area contributed by atoms with Gasteiger partial charge in [-0.3, -0.25) is 0 Å². The van der Waals surface area contributed by atoms with Gasteiger partial charge in [-0.1, -0.05) is 25.0 Å². The molecule has 0 saturated heterocycles. The van der Waals surface area contributed by atoms with Gasteiger partial charge in [0.25, 0.3) is 0 Å². The van der Waals surface area contributed by atoms with E-state index in [2.05, 4.69) is 0 Å². The van der Waals surface area contributed by atoms with Crippen molar-refractivity contribution in [1.82, 2.24) is 0 Å². The maximum atomic E-state index is 12.2. The van der Waals surface area contributed by atoms with E-state index in [9.17, 15) is 8.42 Å². The molecule has 0 bridgehead atoms. The molecule has 1 aromatic rings. The van der Waals surface area contributed by atoms with Crippen molar-refractivity contribution in [2.24, 2.45) is 0 Å². The summed E-state index contributed by atoms with van der Waals surface area (Å²) < 4.78 is 24.4. The zero-order valence-electron chi connectivity index (χ0n) is 10.1. The van der Waals surface area contributed by atoms with Crippen molar-refractivity contribution in [2.75, 3.05) is 5.73 Å². The first-order chi connectivity index (χ1) is 8.00. The zero-order valence-corrected chi connectivity index (χ0v) is 11.0. The molecule has 1 aliphatic rings. The van der Waals surface area contributed by atoms with Gasteiger partial charge in [-0.25, -0.2) is 8.42 Å². The van der Waals surface area contributed by atoms with E-state index < -0.39 is 9.84 Å². The van der Waals surface area contributed by atoms with Crippen LogP contribution < -0.4 is 5.73 Å². The Morgan fingerprint density at radius 1 is 1.29 bits per heavy atom. The molecule has 0 aromatic heterocycles. The standard InChI is InChI=1S/C13H19NO2S/c1-10-11(5-4-8-13(10)14)9-17(15,16)12-6-2-3-7-12/h4-5,8,12H,2-3,6-7,9,14H2,1H3. The van der Waals surface area contributed by atoms with Gasteiger partial charge in [-0.15, -0.1) is 0 Å². The lowest BCUT2D eigenvalue weighted by Crippen LogP contribution is -2.20. The molecule has 0 atom stereocenters. The molecule has 1 aromatic carbocycles. The van der Waals surface area contributed by atoms with Gasteiger partial charge in [-0.05, 0) is 37.0 Å². The Kier molecular flexibility index (Phi) is 3.43. The monoisotopic (exact) mass is 253 g/mol. The van der Waals surface area contributed by atoms with Crippen LogP contribution in [0.1, 0.15) is 36.8 Å². The molecular formula is C13H19NO2S. The van der Waals surface area contributed by atoms with Crippen molar-refractivity contribution in [3.05, 3.63) is 29.3 Å². The SMILES string of the molecule is Cc1c(N)cccc1CS(=O)(=O)C1CCCC1. The van der Waals surface area contributed by atoms with Gasteiger partial charge in [0.05, 0.1) is 11.0 Å². The van der Waals surface area contributed by atoms with Crippen molar-refractivity contribution in [2.45, 2.75) is 43.6 Å². The van der Waals surface area contributed by atoms with Crippen LogP contribution in [-0.2, 0) is 15.6 Å². The lowest BCUT2D eigenvalue weighted by Gasteiger charge is -2.13. The van der Waals surface area contributed by atoms with Gasteiger partial charge in [0.1, 0.15) is 0 Å². The van der Waals surface area contributed by atoms with E-state index >= 15 is 0 Å². The smallest absolute Gasteiger partial charge is 0.157 e. The molecule has 0 unspecified atom stereocenters. The summed E-state index contributed by atoms with van der Waals surface area (Å²) in [5.41, 5.74) is 8.21. The number of sulfone groups is 1. The van der Waals surface area contributed by atoms with Crippen LogP contribution in [0.25, 0.3) is 0 Å². The highest BCUT2D eigenvalue weighted by atomic mass is 32.2. The van der Waals surface area contributed by atoms with Crippen LogP contribution in [0.15, 0.2) is 18.2 Å². The highest BCUT2D eigenvalue weighted by molar-refractivity contribution is 7.91. The molecule has 3 nitrogen and oxygen atoms in total. The van der Waals surface area contributed by atoms with E-state index in [1.165, 1.54) is 0 Å². The van der Waals surface area contributed by atoms with E-state index in [4.69, 9.17) is 5.73 Å². The Balaban J connectivity index is 2.23. The molecule has 94 valence electrons. The number of nitrogens with two attached hydrogens (primary N) is 1. The average molecular weight is 253 g/mol. The maximum Gasteiger partial charge on any atom is 0.157 e. The van der Waals surface area contributed by atoms with E-state index in [0.717, 1.165) is 36.8 Å². The summed E-state index contributed by atoms with van der Waals surface area (Å²) >= 11 is 0. The lowest BCUT2D eigenvalue weighted by molar-refractivity contribution is 0.578. The van der Waals surface area contributed by atoms with Gasteiger partial charge >= 0.3 is 0 Å². The normalized spacial score (nSPS) is 17.5. The second-order valence-corrected chi connectivity index (χ2v) is 7.13. The van der Waals surface area contributed by atoms with Crippen molar-refractivity contribution in [3.63, 3.8) is 0 Å². The molecule has 0 amide bonds. The quantitative estimate of drug-likeness (QED) is 0.842. The number of benzene rings is 1. The minimum absolute atomic E-state index is 0.133. The van der Waals surface area contributed by atoms with Crippen molar-refractivity contribution in [3.8, 4) is 0 Å². The third-order valence-corrected chi connectivity index (χ3v) is 5.86. The van der Waals surface area contributed by atoms with Gasteiger partial charge in [0.15, 0.2) is 9.84 Å². The predicted octanol–water partition coefficient (Wildman–Crippen LogP) is 2.43. The van der Waals surface area contributed by atoms with Crippen LogP contribution in [-0.4, -0.2) is 13.7 Å². The number of hydrogen-bond donors (Lipinski definition) is 1. The Hall–Kier alpha value is -1.03. The van der Waals surface area contributed by atoms with E-state index in [1.54, 1.807) is 6.07 Å². The summed E-state index contributed by atoms with van der Waals surface area (Å²) in [4.78, 5) is 0. The maximum absolute atomic E-state index is 12.2. The van der Waals surface area contributed by atoms with Gasteiger partial charge < -0.3 is 5.73 Å². The fourth-order valence-corrected chi connectivity index (χ4v) is 4.48. The fourth-order valence-electron chi connectivity index (χ4n) is 2.44. The molecule has 1 saturated carbocycles. The molecule has 0 aliphatic heterocycles. The summed E-state index contributed by atoms with van der Waals surface area (Å²) in [6, 6.07) is 5.49. The first-order valence-corrected chi connectivity index (χ1v) is 7.78. The number of hydrogen-bond acceptors (Lipinski definition) is 3. The zero-order chi connectivity index (χ0) is 12.5. The van der Waals surface area contributed by atoms with E-state index in [-0.39, 0.29) is 11.0 Å². The molecule has 1 fully saturated rings. The van der Waals surface area contributed by atoms with Crippen molar-refractivity contribution < 1.29 is 8.42 Å². The van der Waals surface area contributed by atoms with E-state index in [1.807, 2.05) is 19.1 Å². The largest absolute Gasteiger partial charge is 0.399 e. The topological polar surface area (TPSA) is 60.2 Å². The minimum Gasteiger partial charge on any atom is -0.399 e. The van der Waals surface area contributed by atoms with Crippen LogP contribution >= 0.6 is 0 Å². The highest BCUT2D eigenvalue weighted by Crippen LogP contribution is 2.28. The Bertz CT molecular complexity index is 502. The van der Waals surface area contributed by atoms with Crippen LogP contribution in [0.2, 0.25) is 0 Å². The first kappa shape index (κ1) is 12.4. The molecule has 17 heavy (non-hydrogen) atoms. The lowest BCUT2D eigenvalue weighted by atomic mass is 10.1. The van der Waals surface area contributed by atoms with Crippen LogP contribution in [0.4, 0.5) is 5.69 Å². The number of anilines is 1. The third-order valence-electron chi connectivity index (χ3n) is 3.65. The van der Waals surface area contributed by atoms with Crippen LogP contribution in [0.3, 0.4) is 0 Å². The molecule has 4 heteroatoms. The molecule has 1 aliphatic carbocycles. The molecule has 0 spiro atoms. The summed E-state index contributed by atoms with van der Waals surface area (Å²) in [5, 5.41) is -0.136. The fraction of sp³-hybridized carbons (Fsp3) is 0.538. The summed E-state index contributed by atoms with van der Waals surface area (Å²) in [7, 11) is -3.01. The molecular weight excluding hydrogens is 234 g/mol. The molecule has 0 heterocycles. The van der Waals surface area contributed by atoms with Gasteiger partial charge in [0, 0.05) is 5.69 Å². The molecule has 0 radical (unpaired) electrons. The first-order valence-electron chi connectivity index (χ1n) is 6.06. The Morgan fingerprint density at radius 3 is 2.59 bits per heavy atom. The minimum atomic E-state index is -3.01. The van der Waals surface area contributed by atoms with Crippen LogP contribution in [0, 0.1) is 6.92 Å². The highest BCUT2D eigenvalue weighted by Gasteiger charge is 2.29. The second-order valence-electron chi connectivity index (χ2n) is 4.85. The summed E-state index contributed by atoms with van der Waals surface area (Å²) in [6.45, 7) is 1.88. The predicted molar refractivity (Wildman–Crippen MR) is 70.5 cm³/mol. The summed E-state index contributed by atoms with van der Waals surface area (Å²) in [5.74, 6) is 0.133. The van der Waals surface area contributed by atoms with Gasteiger partial charge in [-0.2, -0.15) is 0 Å². The number of nitrogen functional groups attached to an aromatic ring is 1. The van der Waals surface area contributed by atoms with Gasteiger partial charge in [0.2, 0.25) is 0 Å². The van der Waals surface area contributed by atoms with E-state index in [0.29, 0.717) is 5.69 Å². The summed E-state index contributed by atoms with van der Waals surface area (Å²) in [6.07, 6.45) is 3.73. The Morgan fingerprint density at radius 2 is 1.94 bits per heavy atom. The van der Waals surface area contributed by atoms with Crippen molar-refractivity contribution in [1.29, 1.82) is 0 Å². The average Bonchev–Trinajstić information content (AvgIpc) is 2.78. The van der Waals surface area contributed by atoms with Crippen molar-refractivity contribution >= 4 is 15.5 Å². The second kappa shape index (κ2) is 4.69. The third kappa shape index (κ3) is 2.63.